The van der Waals surface area contributed by atoms with Crippen molar-refractivity contribution >= 4 is 17.5 Å². The van der Waals surface area contributed by atoms with Gasteiger partial charge in [-0.3, -0.25) is 4.79 Å². The first-order chi connectivity index (χ1) is 11.1. The molecule has 6 nitrogen and oxygen atoms in total. The first kappa shape index (κ1) is 16.5. The molecule has 0 atom stereocenters. The average molecular weight is 312 g/mol. The molecular formula is C17H20N4O2. The van der Waals surface area contributed by atoms with Gasteiger partial charge in [0, 0.05) is 24.6 Å². The van der Waals surface area contributed by atoms with Gasteiger partial charge in [-0.2, -0.15) is 0 Å². The van der Waals surface area contributed by atoms with Crippen LogP contribution in [0.25, 0.3) is 0 Å². The molecule has 23 heavy (non-hydrogen) atoms. The number of amides is 1. The van der Waals surface area contributed by atoms with Crippen molar-refractivity contribution in [2.24, 2.45) is 0 Å². The number of ether oxygens (including phenoxy) is 1. The summed E-state index contributed by atoms with van der Waals surface area (Å²) in [6.07, 6.45) is 4.70. The Morgan fingerprint density at radius 3 is 2.48 bits per heavy atom. The summed E-state index contributed by atoms with van der Waals surface area (Å²) < 4.78 is 5.58. The number of nitrogens with zero attached hydrogens (tertiary/aromatic N) is 2. The molecule has 2 rings (SSSR count). The van der Waals surface area contributed by atoms with Gasteiger partial charge in [0.1, 0.15) is 5.75 Å². The van der Waals surface area contributed by atoms with Crippen molar-refractivity contribution in [2.45, 2.75) is 20.0 Å². The van der Waals surface area contributed by atoms with Crippen LogP contribution in [0.2, 0.25) is 0 Å². The molecule has 2 aromatic rings. The van der Waals surface area contributed by atoms with Gasteiger partial charge in [0.2, 0.25) is 5.95 Å². The summed E-state index contributed by atoms with van der Waals surface area (Å²) in [5, 5.41) is 5.74. The number of hydrogen-bond acceptors (Lipinski definition) is 5. The standard InChI is InChI=1S/C17H20N4O2/c1-4-9-18-16(22)13-10-19-17(20-11-13)21-14-5-7-15(8-6-14)23-12(2)3/h4-8,10-12H,1,9H2,2-3H3,(H,18,22)(H,19,20,21). The lowest BCUT2D eigenvalue weighted by Crippen LogP contribution is -2.23. The van der Waals surface area contributed by atoms with E-state index < -0.39 is 0 Å². The van der Waals surface area contributed by atoms with Crippen LogP contribution in [0, 0.1) is 0 Å². The number of benzene rings is 1. The van der Waals surface area contributed by atoms with Gasteiger partial charge >= 0.3 is 0 Å². The molecule has 0 unspecified atom stereocenters. The van der Waals surface area contributed by atoms with Crippen molar-refractivity contribution in [3.8, 4) is 5.75 Å². The number of nitrogens with one attached hydrogen (secondary N) is 2. The second kappa shape index (κ2) is 7.93. The smallest absolute Gasteiger partial charge is 0.254 e. The largest absolute Gasteiger partial charge is 0.491 e. The SMILES string of the molecule is C=CCNC(=O)c1cnc(Nc2ccc(OC(C)C)cc2)nc1. The summed E-state index contributed by atoms with van der Waals surface area (Å²) in [4.78, 5) is 20.0. The van der Waals surface area contributed by atoms with Crippen molar-refractivity contribution < 1.29 is 9.53 Å². The van der Waals surface area contributed by atoms with Crippen LogP contribution in [-0.4, -0.2) is 28.5 Å². The van der Waals surface area contributed by atoms with Gasteiger partial charge in [0.25, 0.3) is 5.91 Å². The molecule has 1 aromatic heterocycles. The van der Waals surface area contributed by atoms with Gasteiger partial charge in [0.15, 0.2) is 0 Å². The molecule has 0 aliphatic carbocycles. The van der Waals surface area contributed by atoms with E-state index in [1.165, 1.54) is 12.4 Å². The van der Waals surface area contributed by atoms with E-state index in [4.69, 9.17) is 4.74 Å². The van der Waals surface area contributed by atoms with E-state index in [9.17, 15) is 4.79 Å². The zero-order valence-corrected chi connectivity index (χ0v) is 13.2. The molecule has 6 heteroatoms. The third kappa shape index (κ3) is 5.10. The second-order valence-electron chi connectivity index (χ2n) is 5.11. The molecule has 0 saturated heterocycles. The molecule has 0 aliphatic rings. The molecule has 120 valence electrons. The fraction of sp³-hybridized carbons (Fsp3) is 0.235. The Kier molecular flexibility index (Phi) is 5.68. The van der Waals surface area contributed by atoms with Gasteiger partial charge in [0.05, 0.1) is 11.7 Å². The Labute approximate surface area is 135 Å². The summed E-state index contributed by atoms with van der Waals surface area (Å²) in [5.74, 6) is 0.996. The quantitative estimate of drug-likeness (QED) is 0.769. The number of carbonyl (C=O) groups is 1. The molecular weight excluding hydrogens is 292 g/mol. The zero-order valence-electron chi connectivity index (χ0n) is 13.2. The lowest BCUT2D eigenvalue weighted by molar-refractivity contribution is 0.0957. The van der Waals surface area contributed by atoms with Crippen LogP contribution in [0.15, 0.2) is 49.3 Å². The lowest BCUT2D eigenvalue weighted by Gasteiger charge is -2.10. The van der Waals surface area contributed by atoms with Gasteiger partial charge in [-0.1, -0.05) is 6.08 Å². The number of rotatable bonds is 7. The minimum absolute atomic E-state index is 0.136. The highest BCUT2D eigenvalue weighted by Gasteiger charge is 2.06. The van der Waals surface area contributed by atoms with Crippen LogP contribution in [0.1, 0.15) is 24.2 Å². The first-order valence-corrected chi connectivity index (χ1v) is 7.33. The Hall–Kier alpha value is -2.89. The monoisotopic (exact) mass is 312 g/mol. The Morgan fingerprint density at radius 2 is 1.91 bits per heavy atom. The molecule has 1 heterocycles. The Bertz CT molecular complexity index is 651. The van der Waals surface area contributed by atoms with Crippen LogP contribution in [0.5, 0.6) is 5.75 Å². The topological polar surface area (TPSA) is 76.1 Å². The molecule has 0 spiro atoms. The minimum Gasteiger partial charge on any atom is -0.491 e. The number of carbonyl (C=O) groups excluding carboxylic acids is 1. The normalized spacial score (nSPS) is 10.2. The maximum absolute atomic E-state index is 11.7. The number of anilines is 2. The second-order valence-corrected chi connectivity index (χ2v) is 5.11. The van der Waals surface area contributed by atoms with Crippen molar-refractivity contribution in [2.75, 3.05) is 11.9 Å². The molecule has 2 N–H and O–H groups in total. The van der Waals surface area contributed by atoms with E-state index in [2.05, 4.69) is 27.2 Å². The van der Waals surface area contributed by atoms with Gasteiger partial charge < -0.3 is 15.4 Å². The minimum atomic E-state index is -0.230. The molecule has 0 radical (unpaired) electrons. The third-order valence-electron chi connectivity index (χ3n) is 2.80. The maximum atomic E-state index is 11.7. The van der Waals surface area contributed by atoms with E-state index in [1.807, 2.05) is 38.1 Å². The van der Waals surface area contributed by atoms with Crippen LogP contribution in [0.3, 0.4) is 0 Å². The van der Waals surface area contributed by atoms with Crippen LogP contribution >= 0.6 is 0 Å². The number of hydrogen-bond donors (Lipinski definition) is 2. The number of aromatic nitrogens is 2. The van der Waals surface area contributed by atoms with Gasteiger partial charge in [-0.05, 0) is 38.1 Å². The van der Waals surface area contributed by atoms with Crippen molar-refractivity contribution in [1.29, 1.82) is 0 Å². The van der Waals surface area contributed by atoms with Crippen molar-refractivity contribution in [3.05, 3.63) is 54.9 Å². The van der Waals surface area contributed by atoms with E-state index in [0.717, 1.165) is 11.4 Å². The predicted octanol–water partition coefficient (Wildman–Crippen LogP) is 2.92. The summed E-state index contributed by atoms with van der Waals surface area (Å²) in [6, 6.07) is 7.51. The summed E-state index contributed by atoms with van der Waals surface area (Å²) in [7, 11) is 0. The predicted molar refractivity (Wildman–Crippen MR) is 90.1 cm³/mol. The van der Waals surface area contributed by atoms with E-state index >= 15 is 0 Å². The fourth-order valence-electron chi connectivity index (χ4n) is 1.79. The summed E-state index contributed by atoms with van der Waals surface area (Å²) in [5.41, 5.74) is 1.24. The highest BCUT2D eigenvalue weighted by Crippen LogP contribution is 2.19. The molecule has 0 fully saturated rings. The van der Waals surface area contributed by atoms with E-state index in [-0.39, 0.29) is 12.0 Å². The highest BCUT2D eigenvalue weighted by atomic mass is 16.5. The highest BCUT2D eigenvalue weighted by molar-refractivity contribution is 5.93. The van der Waals surface area contributed by atoms with Crippen molar-refractivity contribution in [3.63, 3.8) is 0 Å². The molecule has 1 amide bonds. The van der Waals surface area contributed by atoms with Crippen LogP contribution in [0.4, 0.5) is 11.6 Å². The third-order valence-corrected chi connectivity index (χ3v) is 2.80. The van der Waals surface area contributed by atoms with Crippen LogP contribution in [-0.2, 0) is 0 Å². The first-order valence-electron chi connectivity index (χ1n) is 7.33. The Morgan fingerprint density at radius 1 is 1.26 bits per heavy atom. The van der Waals surface area contributed by atoms with E-state index in [0.29, 0.717) is 18.1 Å². The maximum Gasteiger partial charge on any atom is 0.254 e. The molecule has 0 saturated carbocycles. The summed E-state index contributed by atoms with van der Waals surface area (Å²) >= 11 is 0. The molecule has 1 aromatic carbocycles. The van der Waals surface area contributed by atoms with Crippen molar-refractivity contribution in [1.82, 2.24) is 15.3 Å². The molecule has 0 aliphatic heterocycles. The average Bonchev–Trinajstić information content (AvgIpc) is 2.54. The zero-order chi connectivity index (χ0) is 16.7. The lowest BCUT2D eigenvalue weighted by atomic mass is 10.3. The van der Waals surface area contributed by atoms with E-state index in [1.54, 1.807) is 6.08 Å². The van der Waals surface area contributed by atoms with Crippen LogP contribution < -0.4 is 15.4 Å². The van der Waals surface area contributed by atoms with Gasteiger partial charge in [-0.15, -0.1) is 6.58 Å². The Balaban J connectivity index is 1.97. The summed E-state index contributed by atoms with van der Waals surface area (Å²) in [6.45, 7) is 7.91. The van der Waals surface area contributed by atoms with Gasteiger partial charge in [-0.25, -0.2) is 9.97 Å². The molecule has 0 bridgehead atoms. The fourth-order valence-corrected chi connectivity index (χ4v) is 1.79.